The van der Waals surface area contributed by atoms with Crippen LogP contribution in [0.15, 0.2) is 16.7 Å². The quantitative estimate of drug-likeness (QED) is 0.511. The summed E-state index contributed by atoms with van der Waals surface area (Å²) in [5, 5.41) is 0. The average molecular weight is 447 g/mol. The van der Waals surface area contributed by atoms with Crippen LogP contribution >= 0.6 is 0 Å². The highest BCUT2D eigenvalue weighted by Gasteiger charge is 2.67. The number of methoxy groups -OCH3 is 1. The number of hydrogen-bond acceptors (Lipinski definition) is 7. The van der Waals surface area contributed by atoms with Gasteiger partial charge in [-0.05, 0) is 35.7 Å². The molecule has 2 fully saturated rings. The molecule has 1 aromatic heterocycles. The van der Waals surface area contributed by atoms with Gasteiger partial charge >= 0.3 is 17.9 Å². The summed E-state index contributed by atoms with van der Waals surface area (Å²) in [6, 6.07) is 1.80. The van der Waals surface area contributed by atoms with Crippen LogP contribution < -0.4 is 0 Å². The molecule has 0 aromatic carbocycles. The van der Waals surface area contributed by atoms with Crippen molar-refractivity contribution in [1.82, 2.24) is 0 Å². The Labute approximate surface area is 189 Å². The second-order valence-electron chi connectivity index (χ2n) is 10.7. The lowest BCUT2D eigenvalue weighted by Crippen LogP contribution is -2.67. The third-order valence-corrected chi connectivity index (χ3v) is 8.40. The Morgan fingerprint density at radius 3 is 2.31 bits per heavy atom. The number of ether oxygens (including phenoxy) is 3. The van der Waals surface area contributed by atoms with E-state index < -0.39 is 36.0 Å². The summed E-state index contributed by atoms with van der Waals surface area (Å²) in [6.45, 7) is 9.40. The van der Waals surface area contributed by atoms with Gasteiger partial charge in [0, 0.05) is 37.7 Å². The standard InChI is InChI=1S/C25H34O7/c1-13(26)31-20-19-16(12-17-15(8-11-30-17)18(19)23(28)29-6)25(5)10-7-9-24(3,4)22(25)21(20)32-14(2)27/h8,11,16,18-22H,7,9-10,12H2,1-6H3/t16-,18+,19+,20+,21-,22-,25+/m0/s1. The first-order valence-corrected chi connectivity index (χ1v) is 11.5. The lowest BCUT2D eigenvalue weighted by atomic mass is 9.42. The maximum absolute atomic E-state index is 13.1. The highest BCUT2D eigenvalue weighted by Crippen LogP contribution is 2.66. The van der Waals surface area contributed by atoms with Crippen molar-refractivity contribution in [3.8, 4) is 0 Å². The second-order valence-corrected chi connectivity index (χ2v) is 10.7. The zero-order valence-electron chi connectivity index (χ0n) is 19.8. The Hall–Kier alpha value is -2.31. The number of rotatable bonds is 3. The maximum Gasteiger partial charge on any atom is 0.313 e. The largest absolute Gasteiger partial charge is 0.469 e. The van der Waals surface area contributed by atoms with Gasteiger partial charge in [0.1, 0.15) is 18.0 Å². The predicted octanol–water partition coefficient (Wildman–Crippen LogP) is 4.03. The van der Waals surface area contributed by atoms with Crippen molar-refractivity contribution >= 4 is 17.9 Å². The molecule has 0 N–H and O–H groups in total. The molecule has 3 aliphatic carbocycles. The Balaban J connectivity index is 1.95. The van der Waals surface area contributed by atoms with Gasteiger partial charge in [-0.2, -0.15) is 0 Å². The second kappa shape index (κ2) is 7.92. The third-order valence-electron chi connectivity index (χ3n) is 8.40. The average Bonchev–Trinajstić information content (AvgIpc) is 3.16. The van der Waals surface area contributed by atoms with E-state index in [4.69, 9.17) is 18.6 Å². The van der Waals surface area contributed by atoms with Crippen LogP contribution in [0.5, 0.6) is 0 Å². The van der Waals surface area contributed by atoms with E-state index in [1.165, 1.54) is 21.0 Å². The fraction of sp³-hybridized carbons (Fsp3) is 0.720. The molecule has 2 saturated carbocycles. The summed E-state index contributed by atoms with van der Waals surface area (Å²) in [7, 11) is 1.37. The first-order chi connectivity index (χ1) is 15.0. The normalized spacial score (nSPS) is 37.3. The van der Waals surface area contributed by atoms with Crippen LogP contribution in [-0.2, 0) is 35.0 Å². The Kier molecular flexibility index (Phi) is 5.66. The van der Waals surface area contributed by atoms with E-state index in [0.717, 1.165) is 30.6 Å². The summed E-state index contributed by atoms with van der Waals surface area (Å²) >= 11 is 0. The summed E-state index contributed by atoms with van der Waals surface area (Å²) in [6.07, 6.45) is 3.84. The van der Waals surface area contributed by atoms with Crippen molar-refractivity contribution in [1.29, 1.82) is 0 Å². The SMILES string of the molecule is COC(=O)[C@@H]1c2ccoc2C[C@H]2[C@H]1[C@@H](OC(C)=O)[C@H](OC(C)=O)[C@H]1C(C)(C)CCC[C@]21C. The van der Waals surface area contributed by atoms with Crippen molar-refractivity contribution in [2.75, 3.05) is 7.11 Å². The molecule has 1 heterocycles. The Bertz CT molecular complexity index is 915. The van der Waals surface area contributed by atoms with Crippen molar-refractivity contribution < 1.29 is 33.0 Å². The van der Waals surface area contributed by atoms with Gasteiger partial charge in [-0.1, -0.05) is 27.2 Å². The van der Waals surface area contributed by atoms with Crippen LogP contribution in [0.4, 0.5) is 0 Å². The van der Waals surface area contributed by atoms with E-state index in [1.807, 2.05) is 0 Å². The molecule has 0 saturated heterocycles. The molecule has 0 radical (unpaired) electrons. The number of carbonyl (C=O) groups is 3. The minimum Gasteiger partial charge on any atom is -0.469 e. The molecule has 0 aliphatic heterocycles. The zero-order valence-corrected chi connectivity index (χ0v) is 19.8. The summed E-state index contributed by atoms with van der Waals surface area (Å²) in [5.74, 6) is -1.53. The van der Waals surface area contributed by atoms with E-state index in [2.05, 4.69) is 20.8 Å². The molecule has 32 heavy (non-hydrogen) atoms. The van der Waals surface area contributed by atoms with Crippen molar-refractivity contribution in [2.24, 2.45) is 28.6 Å². The summed E-state index contributed by atoms with van der Waals surface area (Å²) in [5.41, 5.74) is 0.398. The number of fused-ring (bicyclic) bond motifs is 4. The predicted molar refractivity (Wildman–Crippen MR) is 114 cm³/mol. The van der Waals surface area contributed by atoms with Gasteiger partial charge in [0.15, 0.2) is 0 Å². The fourth-order valence-corrected chi connectivity index (χ4v) is 7.51. The van der Waals surface area contributed by atoms with Gasteiger partial charge in [0.05, 0.1) is 19.3 Å². The van der Waals surface area contributed by atoms with Crippen molar-refractivity contribution in [3.63, 3.8) is 0 Å². The van der Waals surface area contributed by atoms with Crippen LogP contribution in [0.2, 0.25) is 0 Å². The highest BCUT2D eigenvalue weighted by molar-refractivity contribution is 5.80. The molecule has 0 spiro atoms. The van der Waals surface area contributed by atoms with Crippen molar-refractivity contribution in [3.05, 3.63) is 23.7 Å². The highest BCUT2D eigenvalue weighted by atomic mass is 16.6. The Morgan fingerprint density at radius 2 is 1.69 bits per heavy atom. The van der Waals surface area contributed by atoms with Crippen molar-refractivity contribution in [2.45, 2.75) is 78.4 Å². The van der Waals surface area contributed by atoms with Gasteiger partial charge < -0.3 is 18.6 Å². The monoisotopic (exact) mass is 446 g/mol. The van der Waals surface area contributed by atoms with Crippen LogP contribution in [0, 0.1) is 28.6 Å². The number of furan rings is 1. The molecule has 4 rings (SSSR count). The van der Waals surface area contributed by atoms with Gasteiger partial charge in [-0.3, -0.25) is 14.4 Å². The minimum atomic E-state index is -0.746. The molecule has 1 aromatic rings. The zero-order chi connectivity index (χ0) is 23.4. The van der Waals surface area contributed by atoms with E-state index in [9.17, 15) is 14.4 Å². The lowest BCUT2D eigenvalue weighted by Gasteiger charge is -2.64. The fourth-order valence-electron chi connectivity index (χ4n) is 7.51. The third kappa shape index (κ3) is 3.44. The van der Waals surface area contributed by atoms with E-state index in [1.54, 1.807) is 12.3 Å². The molecular weight excluding hydrogens is 412 g/mol. The molecule has 3 aliphatic rings. The molecule has 0 unspecified atom stereocenters. The van der Waals surface area contributed by atoms with Crippen LogP contribution in [0.3, 0.4) is 0 Å². The van der Waals surface area contributed by atoms with Gasteiger partial charge in [0.2, 0.25) is 0 Å². The van der Waals surface area contributed by atoms with E-state index in [0.29, 0.717) is 6.42 Å². The smallest absolute Gasteiger partial charge is 0.313 e. The maximum atomic E-state index is 13.1. The molecule has 7 nitrogen and oxygen atoms in total. The molecule has 7 atom stereocenters. The molecule has 7 heteroatoms. The van der Waals surface area contributed by atoms with Gasteiger partial charge in [-0.25, -0.2) is 0 Å². The summed E-state index contributed by atoms with van der Waals surface area (Å²) in [4.78, 5) is 37.6. The number of carbonyl (C=O) groups excluding carboxylic acids is 3. The van der Waals surface area contributed by atoms with Crippen LogP contribution in [0.25, 0.3) is 0 Å². The van der Waals surface area contributed by atoms with Crippen LogP contribution in [-0.4, -0.2) is 37.2 Å². The lowest BCUT2D eigenvalue weighted by molar-refractivity contribution is -0.238. The number of esters is 3. The van der Waals surface area contributed by atoms with Crippen LogP contribution in [0.1, 0.15) is 71.1 Å². The molecular formula is C25H34O7. The topological polar surface area (TPSA) is 92.0 Å². The minimum absolute atomic E-state index is 0.00554. The molecule has 176 valence electrons. The molecule has 0 amide bonds. The Morgan fingerprint density at radius 1 is 1.03 bits per heavy atom. The first kappa shape index (κ1) is 22.9. The van der Waals surface area contributed by atoms with Gasteiger partial charge in [-0.15, -0.1) is 0 Å². The first-order valence-electron chi connectivity index (χ1n) is 11.5. The summed E-state index contributed by atoms with van der Waals surface area (Å²) < 4.78 is 22.9. The molecule has 0 bridgehead atoms. The van der Waals surface area contributed by atoms with Gasteiger partial charge in [0.25, 0.3) is 0 Å². The number of hydrogen-bond donors (Lipinski definition) is 0. The van der Waals surface area contributed by atoms with E-state index >= 15 is 0 Å². The van der Waals surface area contributed by atoms with E-state index in [-0.39, 0.29) is 28.6 Å².